The second kappa shape index (κ2) is 20.4. The molecule has 43 heavy (non-hydrogen) atoms. The topological polar surface area (TPSA) is 176 Å². The van der Waals surface area contributed by atoms with Crippen molar-refractivity contribution in [3.05, 3.63) is 77.4 Å². The van der Waals surface area contributed by atoms with Gasteiger partial charge < -0.3 is 35.7 Å². The second-order valence-electron chi connectivity index (χ2n) is 9.90. The van der Waals surface area contributed by atoms with E-state index >= 15 is 0 Å². The third kappa shape index (κ3) is 13.1. The van der Waals surface area contributed by atoms with Crippen LogP contribution in [0.15, 0.2) is 65.6 Å². The van der Waals surface area contributed by atoms with E-state index in [0.717, 1.165) is 65.7 Å². The Morgan fingerprint density at radius 1 is 0.744 bits per heavy atom. The fourth-order valence-corrected chi connectivity index (χ4v) is 5.06. The van der Waals surface area contributed by atoms with Crippen molar-refractivity contribution in [2.75, 3.05) is 19.5 Å². The average Bonchev–Trinajstić information content (AvgIpc) is 2.97. The van der Waals surface area contributed by atoms with E-state index < -0.39 is 11.9 Å². The summed E-state index contributed by atoms with van der Waals surface area (Å²) < 4.78 is 11.9. The molecular formula is C33H44O9S. The number of carbonyl (C=O) groups is 2. The minimum absolute atomic E-state index is 0. The summed E-state index contributed by atoms with van der Waals surface area (Å²) in [4.78, 5) is 23.2. The fraction of sp³-hybridized carbons (Fsp3) is 0.394. The van der Waals surface area contributed by atoms with Gasteiger partial charge in [0.05, 0.1) is 19.8 Å². The van der Waals surface area contributed by atoms with Crippen molar-refractivity contribution in [1.29, 1.82) is 0 Å². The number of hydrogen-bond acceptors (Lipinski definition) is 6. The lowest BCUT2D eigenvalue weighted by atomic mass is 9.97. The van der Waals surface area contributed by atoms with Gasteiger partial charge in [0, 0.05) is 17.7 Å². The number of thioether (sulfide) groups is 1. The van der Waals surface area contributed by atoms with Crippen LogP contribution in [0, 0.1) is 0 Å². The molecule has 0 radical (unpaired) electrons. The molecule has 0 saturated heterocycles. The van der Waals surface area contributed by atoms with Gasteiger partial charge in [0.15, 0.2) is 0 Å². The number of aliphatic carboxylic acids is 2. The van der Waals surface area contributed by atoms with E-state index in [1.165, 1.54) is 4.90 Å². The van der Waals surface area contributed by atoms with Gasteiger partial charge in [-0.3, -0.25) is 9.59 Å². The summed E-state index contributed by atoms with van der Waals surface area (Å²) in [7, 11) is 0. The van der Waals surface area contributed by atoms with E-state index in [-0.39, 0.29) is 37.0 Å². The van der Waals surface area contributed by atoms with Gasteiger partial charge in [-0.25, -0.2) is 0 Å². The van der Waals surface area contributed by atoms with Gasteiger partial charge in [0.25, 0.3) is 0 Å². The maximum Gasteiger partial charge on any atom is 0.303 e. The van der Waals surface area contributed by atoms with E-state index in [9.17, 15) is 19.8 Å². The number of carboxylic acids is 2. The van der Waals surface area contributed by atoms with Gasteiger partial charge in [-0.15, -0.1) is 11.8 Å². The van der Waals surface area contributed by atoms with Crippen molar-refractivity contribution in [1.82, 2.24) is 0 Å². The molecular weight excluding hydrogens is 572 g/mol. The van der Waals surface area contributed by atoms with Crippen LogP contribution in [0.5, 0.6) is 11.5 Å². The third-order valence-corrected chi connectivity index (χ3v) is 7.54. The molecule has 3 rings (SSSR count). The summed E-state index contributed by atoms with van der Waals surface area (Å²) in [6, 6.07) is 20.0. The molecule has 0 unspecified atom stereocenters. The minimum atomic E-state index is -0.862. The Morgan fingerprint density at radius 3 is 2.12 bits per heavy atom. The molecule has 3 aromatic carbocycles. The molecule has 236 valence electrons. The molecule has 9 nitrogen and oxygen atoms in total. The maximum atomic E-state index is 11.2. The van der Waals surface area contributed by atoms with E-state index in [2.05, 4.69) is 30.5 Å². The van der Waals surface area contributed by atoms with Gasteiger partial charge in [0.2, 0.25) is 0 Å². The SMILES string of the molecule is CSc1ccc(-c2cc(CO)cc(OCCCCCCc3cccc(OCCCC(=O)O)c3CCC(=O)O)c2)cc1.O.O. The lowest BCUT2D eigenvalue weighted by Crippen LogP contribution is -2.07. The van der Waals surface area contributed by atoms with Gasteiger partial charge in [-0.1, -0.05) is 37.1 Å². The maximum absolute atomic E-state index is 11.2. The number of unbranched alkanes of at least 4 members (excludes halogenated alkanes) is 3. The van der Waals surface area contributed by atoms with Crippen LogP contribution < -0.4 is 9.47 Å². The summed E-state index contributed by atoms with van der Waals surface area (Å²) in [5.41, 5.74) is 4.90. The summed E-state index contributed by atoms with van der Waals surface area (Å²) in [5.74, 6) is -0.322. The first-order valence-corrected chi connectivity index (χ1v) is 15.3. The first kappa shape index (κ1) is 37.5. The van der Waals surface area contributed by atoms with E-state index in [1.807, 2.05) is 36.4 Å². The number of benzene rings is 3. The van der Waals surface area contributed by atoms with Crippen LogP contribution in [0.3, 0.4) is 0 Å². The normalized spacial score (nSPS) is 10.4. The van der Waals surface area contributed by atoms with Crippen LogP contribution in [0.4, 0.5) is 0 Å². The number of carboxylic acid groups (broad SMARTS) is 2. The summed E-state index contributed by atoms with van der Waals surface area (Å²) in [6.45, 7) is 0.822. The number of aliphatic hydroxyl groups is 1. The van der Waals surface area contributed by atoms with Crippen molar-refractivity contribution < 1.29 is 45.3 Å². The van der Waals surface area contributed by atoms with Gasteiger partial charge >= 0.3 is 11.9 Å². The van der Waals surface area contributed by atoms with Crippen molar-refractivity contribution in [3.8, 4) is 22.6 Å². The standard InChI is InChI=1S/C33H40O7S.2H2O/c1-41-29-14-12-25(13-15-29)27-20-24(23-34)21-28(22-27)39-18-5-3-2-4-8-26-9-6-10-31(30(26)16-17-33(37)38)40-19-7-11-32(35)36;;/h6,9-10,12-15,20-22,34H,2-5,7-8,11,16-19,23H2,1H3,(H,35,36)(H,37,38);2*1H2. The molecule has 0 fully saturated rings. The Bertz CT molecular complexity index is 1260. The Morgan fingerprint density at radius 2 is 1.44 bits per heavy atom. The number of ether oxygens (including phenoxy) is 2. The van der Waals surface area contributed by atoms with Gasteiger partial charge in [0.1, 0.15) is 11.5 Å². The van der Waals surface area contributed by atoms with Crippen LogP contribution in [0.25, 0.3) is 11.1 Å². The Labute approximate surface area is 257 Å². The highest BCUT2D eigenvalue weighted by atomic mass is 32.2. The number of aryl methyl sites for hydroxylation is 1. The largest absolute Gasteiger partial charge is 0.494 e. The summed E-state index contributed by atoms with van der Waals surface area (Å²) >= 11 is 1.70. The number of hydrogen-bond donors (Lipinski definition) is 3. The fourth-order valence-electron chi connectivity index (χ4n) is 4.65. The van der Waals surface area contributed by atoms with Crippen molar-refractivity contribution in [3.63, 3.8) is 0 Å². The Hall–Kier alpha value is -3.57. The van der Waals surface area contributed by atoms with Crippen LogP contribution in [0.1, 0.15) is 61.6 Å². The average molecular weight is 617 g/mol. The predicted octanol–water partition coefficient (Wildman–Crippen LogP) is 5.36. The highest BCUT2D eigenvalue weighted by Gasteiger charge is 2.12. The molecule has 0 aliphatic carbocycles. The zero-order valence-corrected chi connectivity index (χ0v) is 25.5. The molecule has 0 aromatic heterocycles. The summed E-state index contributed by atoms with van der Waals surface area (Å²) in [5, 5.41) is 27.8. The minimum Gasteiger partial charge on any atom is -0.494 e. The number of aliphatic hydroxyl groups excluding tert-OH is 1. The molecule has 0 amide bonds. The van der Waals surface area contributed by atoms with E-state index in [0.29, 0.717) is 25.2 Å². The first-order valence-electron chi connectivity index (χ1n) is 14.1. The quantitative estimate of drug-likeness (QED) is 0.119. The highest BCUT2D eigenvalue weighted by molar-refractivity contribution is 7.98. The molecule has 10 heteroatoms. The molecule has 0 spiro atoms. The first-order chi connectivity index (χ1) is 19.9. The van der Waals surface area contributed by atoms with Crippen molar-refractivity contribution >= 4 is 23.7 Å². The third-order valence-electron chi connectivity index (χ3n) is 6.79. The summed E-state index contributed by atoms with van der Waals surface area (Å²) in [6.07, 6.45) is 7.57. The second-order valence-corrected chi connectivity index (χ2v) is 10.8. The van der Waals surface area contributed by atoms with Crippen molar-refractivity contribution in [2.24, 2.45) is 0 Å². The van der Waals surface area contributed by atoms with Crippen LogP contribution >= 0.6 is 11.8 Å². The molecule has 0 bridgehead atoms. The van der Waals surface area contributed by atoms with Crippen LogP contribution in [-0.4, -0.2) is 57.7 Å². The smallest absolute Gasteiger partial charge is 0.303 e. The van der Waals surface area contributed by atoms with E-state index in [1.54, 1.807) is 11.8 Å². The molecule has 0 heterocycles. The lowest BCUT2D eigenvalue weighted by Gasteiger charge is -2.15. The number of rotatable bonds is 19. The lowest BCUT2D eigenvalue weighted by molar-refractivity contribution is -0.138. The van der Waals surface area contributed by atoms with Gasteiger partial charge in [-0.05, 0) is 103 Å². The Kier molecular flexibility index (Phi) is 17.7. The van der Waals surface area contributed by atoms with E-state index in [4.69, 9.17) is 14.6 Å². The predicted molar refractivity (Wildman–Crippen MR) is 169 cm³/mol. The molecule has 7 N–H and O–H groups in total. The van der Waals surface area contributed by atoms with Gasteiger partial charge in [-0.2, -0.15) is 0 Å². The Balaban J connectivity index is 0.00000462. The van der Waals surface area contributed by atoms with Crippen LogP contribution in [-0.2, 0) is 29.0 Å². The zero-order valence-electron chi connectivity index (χ0n) is 24.6. The molecule has 0 atom stereocenters. The molecule has 0 aliphatic heterocycles. The molecule has 3 aromatic rings. The zero-order chi connectivity index (χ0) is 29.5. The van der Waals surface area contributed by atoms with Crippen LogP contribution in [0.2, 0.25) is 0 Å². The molecule has 0 saturated carbocycles. The monoisotopic (exact) mass is 616 g/mol. The van der Waals surface area contributed by atoms with Crippen molar-refractivity contribution in [2.45, 2.75) is 69.3 Å². The highest BCUT2D eigenvalue weighted by Crippen LogP contribution is 2.29. The molecule has 0 aliphatic rings.